The van der Waals surface area contributed by atoms with Crippen molar-refractivity contribution in [1.29, 1.82) is 0 Å². The Kier molecular flexibility index (Phi) is 5.35. The summed E-state index contributed by atoms with van der Waals surface area (Å²) in [7, 11) is 0. The van der Waals surface area contributed by atoms with Crippen molar-refractivity contribution in [2.75, 3.05) is 0 Å². The average molecular weight is 646 g/mol. The van der Waals surface area contributed by atoms with Crippen molar-refractivity contribution in [3.63, 3.8) is 0 Å². The topological polar surface area (TPSA) is 56.7 Å². The van der Waals surface area contributed by atoms with Gasteiger partial charge in [0.15, 0.2) is 23.1 Å². The molecule has 5 heteroatoms. The summed E-state index contributed by atoms with van der Waals surface area (Å²) in [4.78, 5) is 14.2. The molecule has 0 aliphatic heterocycles. The van der Waals surface area contributed by atoms with Gasteiger partial charge in [0.25, 0.3) is 0 Å². The highest BCUT2D eigenvalue weighted by molar-refractivity contribution is 6.17. The van der Waals surface area contributed by atoms with Gasteiger partial charge >= 0.3 is 0 Å². The lowest BCUT2D eigenvalue weighted by molar-refractivity contribution is 0.666. The Morgan fingerprint density at radius 1 is 0.480 bits per heavy atom. The number of para-hydroxylation sites is 2. The fourth-order valence-corrected chi connectivity index (χ4v) is 6.93. The van der Waals surface area contributed by atoms with E-state index in [4.69, 9.17) is 21.2 Å². The molecule has 0 amide bonds. The van der Waals surface area contributed by atoms with Crippen LogP contribution in [0.25, 0.3) is 94.7 Å². The molecule has 3 heterocycles. The molecular weight excluding hydrogens is 613 g/mol. The van der Waals surface area contributed by atoms with Crippen LogP contribution >= 0.6 is 0 Å². The fraction of sp³-hybridized carbons (Fsp3) is 0. The van der Waals surface area contributed by atoms with Crippen LogP contribution in [0, 0.1) is 0 Å². The third-order valence-electron chi connectivity index (χ3n) is 9.15. The first-order chi connectivity index (χ1) is 26.9. The summed E-state index contributed by atoms with van der Waals surface area (Å²) in [5.74, 6) is 0.591. The van der Waals surface area contributed by atoms with Crippen LogP contribution in [0.15, 0.2) is 174 Å². The third kappa shape index (κ3) is 4.52. The molecule has 0 atom stereocenters. The quantitative estimate of drug-likeness (QED) is 0.187. The van der Waals surface area contributed by atoms with Crippen LogP contribution in [0.5, 0.6) is 0 Å². The van der Waals surface area contributed by atoms with Crippen LogP contribution in [-0.2, 0) is 0 Å². The largest absolute Gasteiger partial charge is 0.454 e. The van der Waals surface area contributed by atoms with E-state index in [9.17, 15) is 0 Å². The lowest BCUT2D eigenvalue weighted by atomic mass is 9.99. The van der Waals surface area contributed by atoms with Crippen molar-refractivity contribution >= 4 is 43.7 Å². The second-order valence-corrected chi connectivity index (χ2v) is 12.1. The van der Waals surface area contributed by atoms with E-state index >= 15 is 0 Å². The summed E-state index contributed by atoms with van der Waals surface area (Å²) >= 11 is 0. The number of benzene rings is 7. The van der Waals surface area contributed by atoms with Gasteiger partial charge in [-0.3, -0.25) is 0 Å². The Labute approximate surface area is 294 Å². The molecule has 0 aliphatic carbocycles. The molecule has 0 spiro atoms. The number of furan rings is 1. The van der Waals surface area contributed by atoms with Crippen molar-refractivity contribution in [3.8, 4) is 51.0 Å². The van der Waals surface area contributed by atoms with Gasteiger partial charge in [0.05, 0.1) is 23.6 Å². The van der Waals surface area contributed by atoms with Crippen LogP contribution in [-0.4, -0.2) is 19.5 Å². The smallest absolute Gasteiger partial charge is 0.164 e. The minimum Gasteiger partial charge on any atom is -0.454 e. The molecule has 0 unspecified atom stereocenters. The van der Waals surface area contributed by atoms with Crippen molar-refractivity contribution in [2.24, 2.45) is 0 Å². The van der Waals surface area contributed by atoms with Gasteiger partial charge < -0.3 is 8.98 Å². The Morgan fingerprint density at radius 2 is 1.12 bits per heavy atom. The molecule has 0 aliphatic rings. The number of aromatic nitrogens is 4. The maximum Gasteiger partial charge on any atom is 0.164 e. The highest BCUT2D eigenvalue weighted by Gasteiger charge is 2.20. The SMILES string of the molecule is [2H]c1c([2H])c([2H])c(-c2nc(-c3ccccc3)nc(-c3ccc4oc5c(-n6c7ccccc7c7c(-c8ccccc8)cccc76)cccc5c4c3)n2)c([2H])c1[2H]. The number of fused-ring (bicyclic) bond motifs is 6. The monoisotopic (exact) mass is 645 g/mol. The first-order valence-corrected chi connectivity index (χ1v) is 16.3. The van der Waals surface area contributed by atoms with Crippen LogP contribution in [0.3, 0.4) is 0 Å². The Bertz CT molecular complexity index is 3130. The zero-order valence-corrected chi connectivity index (χ0v) is 26.5. The molecular formula is C45H28N4O. The second-order valence-electron chi connectivity index (χ2n) is 12.1. The summed E-state index contributed by atoms with van der Waals surface area (Å²) in [6.45, 7) is 0. The van der Waals surface area contributed by atoms with Crippen molar-refractivity contribution in [1.82, 2.24) is 19.5 Å². The molecule has 10 aromatic rings. The van der Waals surface area contributed by atoms with E-state index in [1.165, 1.54) is 5.39 Å². The van der Waals surface area contributed by atoms with Gasteiger partial charge in [-0.1, -0.05) is 133 Å². The molecule has 10 rings (SSSR count). The van der Waals surface area contributed by atoms with Gasteiger partial charge in [-0.05, 0) is 47.5 Å². The van der Waals surface area contributed by atoms with Gasteiger partial charge in [-0.15, -0.1) is 0 Å². The summed E-state index contributed by atoms with van der Waals surface area (Å²) in [5.41, 5.74) is 8.00. The Balaban J connectivity index is 1.18. The molecule has 0 radical (unpaired) electrons. The van der Waals surface area contributed by atoms with Gasteiger partial charge in [-0.2, -0.15) is 0 Å². The number of hydrogen-bond donors (Lipinski definition) is 0. The van der Waals surface area contributed by atoms with Gasteiger partial charge in [-0.25, -0.2) is 15.0 Å². The van der Waals surface area contributed by atoms with E-state index in [1.54, 1.807) is 0 Å². The van der Waals surface area contributed by atoms with Gasteiger partial charge in [0, 0.05) is 38.2 Å². The zero-order valence-electron chi connectivity index (χ0n) is 31.5. The standard InChI is InChI=1S/C45H28N4O/c1-4-14-29(15-5-1)33-21-12-24-38-41(33)35-20-10-11-23-37(35)49(38)39-25-13-22-34-36-28-32(26-27-40(36)50-42(34)39)45-47-43(30-16-6-2-7-17-30)46-44(48-45)31-18-8-3-9-19-31/h1-28H/i2D,6D,7D,16D,17D. The Hall–Kier alpha value is -6.85. The minimum atomic E-state index is -0.481. The van der Waals surface area contributed by atoms with Crippen molar-refractivity contribution in [2.45, 2.75) is 0 Å². The molecule has 0 saturated heterocycles. The van der Waals surface area contributed by atoms with E-state index in [1.807, 2.05) is 66.7 Å². The lowest BCUT2D eigenvalue weighted by Crippen LogP contribution is -2.00. The molecule has 0 saturated carbocycles. The van der Waals surface area contributed by atoms with Crippen LogP contribution in [0.4, 0.5) is 0 Å². The van der Waals surface area contributed by atoms with Crippen LogP contribution in [0.2, 0.25) is 0 Å². The molecule has 3 aromatic heterocycles. The summed E-state index contributed by atoms with van der Waals surface area (Å²) in [6.07, 6.45) is 0. The summed E-state index contributed by atoms with van der Waals surface area (Å²) in [5, 5.41) is 4.07. The van der Waals surface area contributed by atoms with Crippen LogP contribution < -0.4 is 0 Å². The van der Waals surface area contributed by atoms with Crippen LogP contribution in [0.1, 0.15) is 6.85 Å². The second kappa shape index (κ2) is 11.4. The molecule has 0 fully saturated rings. The molecule has 234 valence electrons. The van der Waals surface area contributed by atoms with Gasteiger partial charge in [0.2, 0.25) is 0 Å². The minimum absolute atomic E-state index is 0.0125. The average Bonchev–Trinajstić information content (AvgIpc) is 3.78. The van der Waals surface area contributed by atoms with E-state index in [0.717, 1.165) is 49.6 Å². The fourth-order valence-electron chi connectivity index (χ4n) is 6.93. The maximum atomic E-state index is 8.65. The highest BCUT2D eigenvalue weighted by atomic mass is 16.3. The highest BCUT2D eigenvalue weighted by Crippen LogP contribution is 2.41. The van der Waals surface area contributed by atoms with Crippen molar-refractivity contribution in [3.05, 3.63) is 170 Å². The molecule has 7 aromatic carbocycles. The van der Waals surface area contributed by atoms with E-state index in [0.29, 0.717) is 28.4 Å². The number of rotatable bonds is 5. The predicted octanol–water partition coefficient (Wildman–Crippen LogP) is 11.5. The molecule has 50 heavy (non-hydrogen) atoms. The lowest BCUT2D eigenvalue weighted by Gasteiger charge is -2.09. The molecule has 0 N–H and O–H groups in total. The normalized spacial score (nSPS) is 13.0. The summed E-state index contributed by atoms with van der Waals surface area (Å²) in [6, 6.07) is 44.4. The molecule has 5 nitrogen and oxygen atoms in total. The van der Waals surface area contributed by atoms with E-state index < -0.39 is 18.1 Å². The van der Waals surface area contributed by atoms with Gasteiger partial charge in [0.1, 0.15) is 5.58 Å². The molecule has 0 bridgehead atoms. The first-order valence-electron chi connectivity index (χ1n) is 18.8. The number of hydrogen-bond acceptors (Lipinski definition) is 4. The maximum absolute atomic E-state index is 8.65. The predicted molar refractivity (Wildman–Crippen MR) is 203 cm³/mol. The number of nitrogens with zero attached hydrogens (tertiary/aromatic N) is 4. The summed E-state index contributed by atoms with van der Waals surface area (Å²) < 4.78 is 50.9. The van der Waals surface area contributed by atoms with Crippen molar-refractivity contribution < 1.29 is 11.3 Å². The third-order valence-corrected chi connectivity index (χ3v) is 9.15. The van der Waals surface area contributed by atoms with E-state index in [-0.39, 0.29) is 23.5 Å². The first kappa shape index (κ1) is 23.5. The van der Waals surface area contributed by atoms with E-state index in [2.05, 4.69) is 82.3 Å². The zero-order chi connectivity index (χ0) is 37.4. The Morgan fingerprint density at radius 3 is 1.92 bits per heavy atom.